The maximum absolute atomic E-state index is 10.5. The summed E-state index contributed by atoms with van der Waals surface area (Å²) in [5.74, 6) is 0.461. The molecule has 0 spiro atoms. The maximum atomic E-state index is 10.5. The second-order valence-electron chi connectivity index (χ2n) is 4.68. The highest BCUT2D eigenvalue weighted by molar-refractivity contribution is 6.26. The molecule has 1 amide bonds. The SMILES string of the molecule is CC(C)(C)C1(Cl)C=CC(OC(N)=O)=CC1. The molecule has 15 heavy (non-hydrogen) atoms. The van der Waals surface area contributed by atoms with Gasteiger partial charge in [-0.3, -0.25) is 0 Å². The molecule has 0 saturated carbocycles. The molecule has 0 aromatic carbocycles. The Morgan fingerprint density at radius 1 is 1.60 bits per heavy atom. The van der Waals surface area contributed by atoms with Crippen LogP contribution >= 0.6 is 11.6 Å². The number of carbonyl (C=O) groups excluding carboxylic acids is 1. The highest BCUT2D eigenvalue weighted by Crippen LogP contribution is 2.43. The van der Waals surface area contributed by atoms with Gasteiger partial charge in [0, 0.05) is 0 Å². The third-order valence-electron chi connectivity index (χ3n) is 2.58. The normalized spacial score (nSPS) is 26.0. The third kappa shape index (κ3) is 2.75. The third-order valence-corrected chi connectivity index (χ3v) is 3.42. The van der Waals surface area contributed by atoms with Gasteiger partial charge in [-0.1, -0.05) is 26.8 Å². The van der Waals surface area contributed by atoms with Crippen molar-refractivity contribution >= 4 is 17.7 Å². The standard InChI is InChI=1S/C11H16ClNO2/c1-10(2,3)11(12)6-4-8(5-7-11)15-9(13)14/h4-6H,7H2,1-3H3,(H2,13,14). The molecule has 0 saturated heterocycles. The molecule has 3 nitrogen and oxygen atoms in total. The Morgan fingerprint density at radius 2 is 2.20 bits per heavy atom. The number of ether oxygens (including phenoxy) is 1. The Kier molecular flexibility index (Phi) is 3.14. The van der Waals surface area contributed by atoms with Crippen molar-refractivity contribution < 1.29 is 9.53 Å². The van der Waals surface area contributed by atoms with Gasteiger partial charge in [-0.2, -0.15) is 0 Å². The summed E-state index contributed by atoms with van der Waals surface area (Å²) >= 11 is 6.45. The molecule has 0 radical (unpaired) electrons. The Balaban J connectivity index is 2.75. The van der Waals surface area contributed by atoms with Crippen LogP contribution in [0.1, 0.15) is 27.2 Å². The lowest BCUT2D eigenvalue weighted by Crippen LogP contribution is -2.36. The summed E-state index contributed by atoms with van der Waals surface area (Å²) < 4.78 is 4.75. The van der Waals surface area contributed by atoms with Gasteiger partial charge >= 0.3 is 6.09 Å². The first-order valence-electron chi connectivity index (χ1n) is 4.80. The number of nitrogens with two attached hydrogens (primary N) is 1. The molecule has 0 aromatic rings. The molecule has 1 rings (SSSR count). The minimum absolute atomic E-state index is 0.0557. The van der Waals surface area contributed by atoms with Crippen molar-refractivity contribution in [3.05, 3.63) is 24.0 Å². The summed E-state index contributed by atoms with van der Waals surface area (Å²) in [5.41, 5.74) is 4.85. The first kappa shape index (κ1) is 12.1. The highest BCUT2D eigenvalue weighted by atomic mass is 35.5. The van der Waals surface area contributed by atoms with E-state index in [1.54, 1.807) is 12.2 Å². The molecule has 0 heterocycles. The number of hydrogen-bond donors (Lipinski definition) is 1. The summed E-state index contributed by atoms with van der Waals surface area (Å²) in [7, 11) is 0. The number of allylic oxidation sites excluding steroid dienone is 3. The topological polar surface area (TPSA) is 52.3 Å². The fourth-order valence-electron chi connectivity index (χ4n) is 1.35. The van der Waals surface area contributed by atoms with Gasteiger partial charge in [0.15, 0.2) is 0 Å². The van der Waals surface area contributed by atoms with Crippen molar-refractivity contribution in [2.24, 2.45) is 11.1 Å². The van der Waals surface area contributed by atoms with Crippen LogP contribution in [0.4, 0.5) is 4.79 Å². The molecule has 0 bridgehead atoms. The number of amides is 1. The van der Waals surface area contributed by atoms with E-state index in [4.69, 9.17) is 22.1 Å². The molecule has 84 valence electrons. The monoisotopic (exact) mass is 229 g/mol. The summed E-state index contributed by atoms with van der Waals surface area (Å²) in [5, 5.41) is 0. The fraction of sp³-hybridized carbons (Fsp3) is 0.545. The smallest absolute Gasteiger partial charge is 0.409 e. The Hall–Kier alpha value is -0.960. The molecular formula is C11H16ClNO2. The average molecular weight is 230 g/mol. The molecule has 0 aromatic heterocycles. The van der Waals surface area contributed by atoms with Crippen molar-refractivity contribution in [2.75, 3.05) is 0 Å². The van der Waals surface area contributed by atoms with Crippen LogP contribution in [0.2, 0.25) is 0 Å². The number of hydrogen-bond acceptors (Lipinski definition) is 2. The van der Waals surface area contributed by atoms with Gasteiger partial charge in [-0.25, -0.2) is 4.79 Å². The molecular weight excluding hydrogens is 214 g/mol. The number of carbonyl (C=O) groups is 1. The van der Waals surface area contributed by atoms with Crippen LogP contribution in [-0.2, 0) is 4.74 Å². The average Bonchev–Trinajstić information content (AvgIpc) is 2.06. The number of rotatable bonds is 1. The molecule has 1 unspecified atom stereocenters. The first-order valence-corrected chi connectivity index (χ1v) is 5.18. The van der Waals surface area contributed by atoms with Gasteiger partial charge in [-0.05, 0) is 24.0 Å². The molecule has 1 atom stereocenters. The Morgan fingerprint density at radius 3 is 2.53 bits per heavy atom. The van der Waals surface area contributed by atoms with E-state index in [0.29, 0.717) is 12.2 Å². The van der Waals surface area contributed by atoms with Crippen LogP contribution in [0.25, 0.3) is 0 Å². The Bertz CT molecular complexity index is 328. The quantitative estimate of drug-likeness (QED) is 0.703. The summed E-state index contributed by atoms with van der Waals surface area (Å²) in [6.45, 7) is 6.20. The van der Waals surface area contributed by atoms with Crippen LogP contribution in [0.5, 0.6) is 0 Å². The molecule has 1 aliphatic carbocycles. The molecule has 0 fully saturated rings. The lowest BCUT2D eigenvalue weighted by Gasteiger charge is -2.38. The van der Waals surface area contributed by atoms with Crippen LogP contribution < -0.4 is 5.73 Å². The van der Waals surface area contributed by atoms with E-state index in [-0.39, 0.29) is 5.41 Å². The summed E-state index contributed by atoms with van der Waals surface area (Å²) in [6, 6.07) is 0. The van der Waals surface area contributed by atoms with E-state index in [9.17, 15) is 4.79 Å². The van der Waals surface area contributed by atoms with Gasteiger partial charge in [0.25, 0.3) is 0 Å². The minimum Gasteiger partial charge on any atom is -0.411 e. The zero-order chi connectivity index (χ0) is 11.7. The maximum Gasteiger partial charge on any atom is 0.409 e. The van der Waals surface area contributed by atoms with Crippen LogP contribution in [0.15, 0.2) is 24.0 Å². The molecule has 0 aliphatic heterocycles. The van der Waals surface area contributed by atoms with Crippen LogP contribution in [0, 0.1) is 5.41 Å². The van der Waals surface area contributed by atoms with Gasteiger partial charge in [-0.15, -0.1) is 11.6 Å². The van der Waals surface area contributed by atoms with E-state index in [1.165, 1.54) is 0 Å². The van der Waals surface area contributed by atoms with Gasteiger partial charge in [0.05, 0.1) is 4.87 Å². The van der Waals surface area contributed by atoms with Gasteiger partial charge in [0.1, 0.15) is 5.76 Å². The zero-order valence-corrected chi connectivity index (χ0v) is 9.97. The highest BCUT2D eigenvalue weighted by Gasteiger charge is 2.38. The van der Waals surface area contributed by atoms with Crippen molar-refractivity contribution in [2.45, 2.75) is 32.1 Å². The second-order valence-corrected chi connectivity index (χ2v) is 5.35. The van der Waals surface area contributed by atoms with E-state index >= 15 is 0 Å². The number of primary amides is 1. The predicted octanol–water partition coefficient (Wildman–Crippen LogP) is 2.95. The molecule has 4 heteroatoms. The fourth-order valence-corrected chi connectivity index (χ4v) is 1.49. The molecule has 1 aliphatic rings. The lowest BCUT2D eigenvalue weighted by molar-refractivity contribution is 0.188. The van der Waals surface area contributed by atoms with Crippen LogP contribution in [-0.4, -0.2) is 11.0 Å². The van der Waals surface area contributed by atoms with Gasteiger partial charge < -0.3 is 10.5 Å². The van der Waals surface area contributed by atoms with E-state index in [2.05, 4.69) is 20.8 Å². The van der Waals surface area contributed by atoms with Crippen LogP contribution in [0.3, 0.4) is 0 Å². The zero-order valence-electron chi connectivity index (χ0n) is 9.21. The summed E-state index contributed by atoms with van der Waals surface area (Å²) in [4.78, 5) is 10.1. The van der Waals surface area contributed by atoms with Crippen molar-refractivity contribution in [3.63, 3.8) is 0 Å². The van der Waals surface area contributed by atoms with E-state index in [0.717, 1.165) is 0 Å². The molecule has 2 N–H and O–H groups in total. The van der Waals surface area contributed by atoms with Gasteiger partial charge in [0.2, 0.25) is 0 Å². The lowest BCUT2D eigenvalue weighted by atomic mass is 9.76. The predicted molar refractivity (Wildman–Crippen MR) is 60.5 cm³/mol. The van der Waals surface area contributed by atoms with E-state index in [1.807, 2.05) is 6.08 Å². The number of halogens is 1. The van der Waals surface area contributed by atoms with Crippen molar-refractivity contribution in [1.29, 1.82) is 0 Å². The van der Waals surface area contributed by atoms with E-state index < -0.39 is 11.0 Å². The second kappa shape index (κ2) is 3.89. The minimum atomic E-state index is -0.802. The Labute approximate surface area is 94.9 Å². The largest absolute Gasteiger partial charge is 0.411 e. The van der Waals surface area contributed by atoms with Crippen molar-refractivity contribution in [1.82, 2.24) is 0 Å². The van der Waals surface area contributed by atoms with Crippen molar-refractivity contribution in [3.8, 4) is 0 Å². The summed E-state index contributed by atoms with van der Waals surface area (Å²) in [6.07, 6.45) is 5.14. The number of alkyl halides is 1. The first-order chi connectivity index (χ1) is 6.74.